The first-order valence-electron chi connectivity index (χ1n) is 27.7. The summed E-state index contributed by atoms with van der Waals surface area (Å²) < 4.78 is 14.1. The number of halogens is 3. The van der Waals surface area contributed by atoms with Crippen LogP contribution in [0.2, 0.25) is 0 Å². The molecule has 6 aromatic carbocycles. The monoisotopic (exact) mass is 1180 g/mol. The normalized spacial score (nSPS) is 14.1. The van der Waals surface area contributed by atoms with Gasteiger partial charge in [0, 0.05) is 90.6 Å². The molecule has 0 spiro atoms. The number of pyridine rings is 2. The van der Waals surface area contributed by atoms with E-state index in [9.17, 15) is 9.59 Å². The van der Waals surface area contributed by atoms with E-state index in [4.69, 9.17) is 59.7 Å². The molecule has 2 aliphatic heterocycles. The third-order valence-corrected chi connectivity index (χ3v) is 14.8. The number of benzene rings is 6. The van der Waals surface area contributed by atoms with E-state index >= 15 is 0 Å². The van der Waals surface area contributed by atoms with Gasteiger partial charge in [-0.3, -0.25) is 25.1 Å². The number of aromatic nitrogens is 2. The lowest BCUT2D eigenvalue weighted by molar-refractivity contribution is 0.0336. The van der Waals surface area contributed by atoms with Gasteiger partial charge in [-0.2, -0.15) is 0 Å². The minimum atomic E-state index is -1.61. The lowest BCUT2D eigenvalue weighted by Gasteiger charge is -2.26. The van der Waals surface area contributed by atoms with Gasteiger partial charge in [-0.05, 0) is 105 Å². The van der Waals surface area contributed by atoms with E-state index in [1.165, 1.54) is 16.5 Å². The number of nitrogens with one attached hydrogen (secondary N) is 3. The molecule has 0 atom stereocenters. The van der Waals surface area contributed by atoms with Crippen molar-refractivity contribution in [3.63, 3.8) is 0 Å². The average Bonchev–Trinajstić information content (AvgIpc) is 3.61. The van der Waals surface area contributed by atoms with Gasteiger partial charge in [0.25, 0.3) is 0 Å². The van der Waals surface area contributed by atoms with Gasteiger partial charge in [-0.25, -0.2) is 9.59 Å². The van der Waals surface area contributed by atoms with E-state index in [1.807, 2.05) is 86.9 Å². The van der Waals surface area contributed by atoms with Crippen LogP contribution in [0.5, 0.6) is 0 Å². The minimum Gasteiger partial charge on any atom is -0.445 e. The molecule has 3 amide bonds. The number of nitrogen functional groups attached to an aromatic ring is 1. The molecule has 2 aliphatic rings. The van der Waals surface area contributed by atoms with Crippen LogP contribution < -0.4 is 21.7 Å². The average molecular weight is 1180 g/mol. The zero-order valence-electron chi connectivity index (χ0n) is 48.2. The van der Waals surface area contributed by atoms with Crippen molar-refractivity contribution in [2.24, 2.45) is 0 Å². The van der Waals surface area contributed by atoms with Crippen LogP contribution in [0.1, 0.15) is 82.6 Å². The second kappa shape index (κ2) is 28.6. The number of carbonyl (C=O) groups excluding carboxylic acids is 2. The SMILES string of the molecule is C.Cc1ccc(C(C)(C)C)cc1NC(=O)Nc1ccc(-c2ccc(CN3CCOCC3)nc2)c2ccccc12.Cc1ccc(C(C)(C)C)cc1NC(=O)OCC(Cl)(Cl)Cl.Nc1ccc(-c2ccc(CN3CCOCC3)nc2)c2ccccc12. The number of urea groups is 1. The number of morpholine rings is 2. The minimum absolute atomic E-state index is 0. The van der Waals surface area contributed by atoms with Crippen LogP contribution >= 0.6 is 34.8 Å². The number of carbonyl (C=O) groups is 2. The van der Waals surface area contributed by atoms with Gasteiger partial charge < -0.3 is 30.6 Å². The van der Waals surface area contributed by atoms with Crippen LogP contribution in [0.25, 0.3) is 43.8 Å². The summed E-state index contributed by atoms with van der Waals surface area (Å²) in [6.45, 7) is 25.2. The van der Waals surface area contributed by atoms with Crippen LogP contribution in [-0.4, -0.2) is 94.9 Å². The Labute approximate surface area is 505 Å². The van der Waals surface area contributed by atoms with Crippen molar-refractivity contribution in [3.05, 3.63) is 179 Å². The van der Waals surface area contributed by atoms with Gasteiger partial charge >= 0.3 is 12.1 Å². The molecule has 0 bridgehead atoms. The fourth-order valence-corrected chi connectivity index (χ4v) is 9.74. The van der Waals surface area contributed by atoms with E-state index in [0.29, 0.717) is 5.69 Å². The summed E-state index contributed by atoms with van der Waals surface area (Å²) in [5.74, 6) is 0. The predicted molar refractivity (Wildman–Crippen MR) is 345 cm³/mol. The molecule has 0 radical (unpaired) electrons. The first-order valence-corrected chi connectivity index (χ1v) is 28.8. The quantitative estimate of drug-likeness (QED) is 0.0768. The third-order valence-electron chi connectivity index (χ3n) is 14.4. The molecule has 0 unspecified atom stereocenters. The van der Waals surface area contributed by atoms with Gasteiger partial charge in [-0.15, -0.1) is 0 Å². The van der Waals surface area contributed by atoms with Crippen LogP contribution in [0.3, 0.4) is 0 Å². The molecule has 13 nitrogen and oxygen atoms in total. The highest BCUT2D eigenvalue weighted by Crippen LogP contribution is 2.36. The topological polar surface area (TPSA) is 156 Å². The number of alkyl halides is 3. The third kappa shape index (κ3) is 18.1. The Balaban J connectivity index is 0.000000190. The largest absolute Gasteiger partial charge is 0.445 e. The van der Waals surface area contributed by atoms with Gasteiger partial charge in [0.05, 0.1) is 43.5 Å². The lowest BCUT2D eigenvalue weighted by Crippen LogP contribution is -2.35. The van der Waals surface area contributed by atoms with E-state index in [2.05, 4.69) is 145 Å². The maximum atomic E-state index is 13.1. The molecule has 5 N–H and O–H groups in total. The van der Waals surface area contributed by atoms with Gasteiger partial charge in [0.1, 0.15) is 6.61 Å². The smallest absolute Gasteiger partial charge is 0.411 e. The van der Waals surface area contributed by atoms with Gasteiger partial charge in [0.2, 0.25) is 3.79 Å². The first kappa shape index (κ1) is 63.8. The van der Waals surface area contributed by atoms with Crippen molar-refractivity contribution in [2.45, 2.75) is 90.5 Å². The zero-order valence-corrected chi connectivity index (χ0v) is 50.4. The Hall–Kier alpha value is -6.81. The number of nitrogens with two attached hydrogens (primary N) is 1. The second-order valence-electron chi connectivity index (χ2n) is 22.8. The molecule has 16 heteroatoms. The molecule has 0 saturated carbocycles. The number of anilines is 4. The molecular formula is C67H79Cl3N8O5. The molecule has 438 valence electrons. The number of fused-ring (bicyclic) bond motifs is 2. The highest BCUT2D eigenvalue weighted by atomic mass is 35.6. The Kier molecular flexibility index (Phi) is 22.0. The highest BCUT2D eigenvalue weighted by molar-refractivity contribution is 6.67. The molecule has 2 fully saturated rings. The summed E-state index contributed by atoms with van der Waals surface area (Å²) in [4.78, 5) is 38.9. The molecule has 10 rings (SSSR count). The lowest BCUT2D eigenvalue weighted by atomic mass is 9.86. The predicted octanol–water partition coefficient (Wildman–Crippen LogP) is 16.1. The fourth-order valence-electron chi connectivity index (χ4n) is 9.58. The number of amides is 3. The van der Waals surface area contributed by atoms with Gasteiger partial charge in [0.15, 0.2) is 0 Å². The number of ether oxygens (including phenoxy) is 3. The number of aryl methyl sites for hydroxylation is 2. The summed E-state index contributed by atoms with van der Waals surface area (Å²) in [7, 11) is 0. The van der Waals surface area contributed by atoms with Crippen molar-refractivity contribution in [3.8, 4) is 22.3 Å². The Morgan fingerprint density at radius 1 is 0.554 bits per heavy atom. The van der Waals surface area contributed by atoms with Crippen LogP contribution in [0.4, 0.5) is 32.3 Å². The van der Waals surface area contributed by atoms with Crippen LogP contribution in [0.15, 0.2) is 146 Å². The van der Waals surface area contributed by atoms with Crippen molar-refractivity contribution < 1.29 is 23.8 Å². The first-order chi connectivity index (χ1) is 39.1. The van der Waals surface area contributed by atoms with Crippen LogP contribution in [-0.2, 0) is 38.1 Å². The maximum absolute atomic E-state index is 13.1. The summed E-state index contributed by atoms with van der Waals surface area (Å²) >= 11 is 16.6. The maximum Gasteiger partial charge on any atom is 0.411 e. The Morgan fingerprint density at radius 3 is 1.45 bits per heavy atom. The van der Waals surface area contributed by atoms with E-state index < -0.39 is 9.89 Å². The summed E-state index contributed by atoms with van der Waals surface area (Å²) in [6.07, 6.45) is 3.27. The van der Waals surface area contributed by atoms with E-state index in [1.54, 1.807) is 0 Å². The number of rotatable bonds is 10. The fraction of sp³-hybridized carbons (Fsp3) is 0.343. The standard InChI is InChI=1S/C32H36N4O2.C20H21N3O.C14H18Cl3NO2.CH4/c1-22-9-11-24(32(2,3)4)19-30(22)35-31(37)34-29-14-13-26(27-7-5-6-8-28(27)29)23-10-12-25(33-20-23)21-36-15-17-38-18-16-36;21-20-8-7-17(18-3-1-2-4-19(18)20)15-5-6-16(22-13-15)14-23-9-11-24-12-10-23;1-9-5-6-10(13(2,3)4)7-11(9)18-12(19)20-8-14(15,16)17;/h5-14,19-20H,15-18,21H2,1-4H3,(H2,34,35,37);1-8,13H,9-12,14,21H2;5-7H,8H2,1-4H3,(H,18,19);1H4. The molecule has 2 saturated heterocycles. The van der Waals surface area contributed by atoms with Crippen LogP contribution in [0, 0.1) is 13.8 Å². The number of nitrogens with zero attached hydrogens (tertiary/aromatic N) is 4. The molecule has 0 aliphatic carbocycles. The van der Waals surface area contributed by atoms with Crippen molar-refractivity contribution >= 4 is 91.2 Å². The van der Waals surface area contributed by atoms with Gasteiger partial charge in [-0.1, -0.05) is 181 Å². The van der Waals surface area contributed by atoms with Crippen molar-refractivity contribution in [1.29, 1.82) is 0 Å². The number of hydrogen-bond donors (Lipinski definition) is 4. The van der Waals surface area contributed by atoms with E-state index in [0.717, 1.165) is 144 Å². The molecule has 2 aromatic heterocycles. The summed E-state index contributed by atoms with van der Waals surface area (Å²) in [6, 6.07) is 44.9. The van der Waals surface area contributed by atoms with Crippen molar-refractivity contribution in [1.82, 2.24) is 19.8 Å². The molecule has 8 aromatic rings. The Morgan fingerprint density at radius 2 is 0.988 bits per heavy atom. The van der Waals surface area contributed by atoms with E-state index in [-0.39, 0.29) is 30.9 Å². The number of hydrogen-bond acceptors (Lipinski definition) is 10. The molecular weight excluding hydrogens is 1100 g/mol. The summed E-state index contributed by atoms with van der Waals surface area (Å²) in [5.41, 5.74) is 20.0. The van der Waals surface area contributed by atoms with Crippen molar-refractivity contribution in [2.75, 3.05) is 80.9 Å². The Bertz CT molecular complexity index is 3460. The molecule has 83 heavy (non-hydrogen) atoms. The molecule has 4 heterocycles. The zero-order chi connectivity index (χ0) is 58.6. The highest BCUT2D eigenvalue weighted by Gasteiger charge is 2.23. The second-order valence-corrected chi connectivity index (χ2v) is 25.3. The summed E-state index contributed by atoms with van der Waals surface area (Å²) in [5, 5.41) is 13.1.